The lowest BCUT2D eigenvalue weighted by Crippen LogP contribution is -2.25. The molecule has 1 unspecified atom stereocenters. The zero-order chi connectivity index (χ0) is 17.0. The number of hydrogen-bond acceptors (Lipinski definition) is 6. The van der Waals surface area contributed by atoms with Crippen LogP contribution in [0.25, 0.3) is 0 Å². The summed E-state index contributed by atoms with van der Waals surface area (Å²) in [5.74, 6) is -0.345. The van der Waals surface area contributed by atoms with Crippen molar-refractivity contribution in [3.63, 3.8) is 0 Å². The van der Waals surface area contributed by atoms with E-state index in [0.29, 0.717) is 24.7 Å². The Labute approximate surface area is 132 Å². The van der Waals surface area contributed by atoms with E-state index in [2.05, 4.69) is 15.5 Å². The first-order chi connectivity index (χ1) is 10.9. The molecule has 0 fully saturated rings. The molecule has 0 aromatic carbocycles. The summed E-state index contributed by atoms with van der Waals surface area (Å²) in [6, 6.07) is -0.695. The molecule has 10 nitrogen and oxygen atoms in total. The minimum Gasteiger partial charge on any atom is -0.360 e. The number of aromatic nitrogens is 4. The van der Waals surface area contributed by atoms with Gasteiger partial charge in [0.2, 0.25) is 5.91 Å². The molecule has 1 atom stereocenters. The van der Waals surface area contributed by atoms with E-state index < -0.39 is 11.0 Å². The van der Waals surface area contributed by atoms with E-state index >= 15 is 0 Å². The van der Waals surface area contributed by atoms with Gasteiger partial charge in [-0.25, -0.2) is 4.68 Å². The van der Waals surface area contributed by atoms with E-state index in [4.69, 9.17) is 4.74 Å². The van der Waals surface area contributed by atoms with Crippen molar-refractivity contribution in [1.29, 1.82) is 0 Å². The number of ether oxygens (including phenoxy) is 1. The van der Waals surface area contributed by atoms with Gasteiger partial charge < -0.3 is 10.1 Å². The maximum atomic E-state index is 12.3. The van der Waals surface area contributed by atoms with Crippen LogP contribution < -0.4 is 5.32 Å². The summed E-state index contributed by atoms with van der Waals surface area (Å²) in [6.45, 7) is 5.90. The Kier molecular flexibility index (Phi) is 5.06. The highest BCUT2D eigenvalue weighted by molar-refractivity contribution is 5.93. The van der Waals surface area contributed by atoms with Crippen molar-refractivity contribution in [2.24, 2.45) is 0 Å². The van der Waals surface area contributed by atoms with Crippen LogP contribution in [0.15, 0.2) is 18.6 Å². The van der Waals surface area contributed by atoms with Gasteiger partial charge in [0, 0.05) is 6.61 Å². The van der Waals surface area contributed by atoms with Gasteiger partial charge in [0.05, 0.1) is 23.0 Å². The van der Waals surface area contributed by atoms with Gasteiger partial charge in [-0.1, -0.05) is 0 Å². The Morgan fingerprint density at radius 2 is 2.22 bits per heavy atom. The number of anilines is 1. The molecule has 0 saturated heterocycles. The highest BCUT2D eigenvalue weighted by Crippen LogP contribution is 2.20. The highest BCUT2D eigenvalue weighted by Gasteiger charge is 2.23. The third kappa shape index (κ3) is 3.72. The number of rotatable bonds is 7. The van der Waals surface area contributed by atoms with Gasteiger partial charge in [-0.05, 0) is 20.8 Å². The van der Waals surface area contributed by atoms with Crippen molar-refractivity contribution in [1.82, 2.24) is 19.6 Å². The largest absolute Gasteiger partial charge is 0.360 e. The molecule has 0 aliphatic heterocycles. The van der Waals surface area contributed by atoms with Gasteiger partial charge in [-0.2, -0.15) is 10.2 Å². The first-order valence-electron chi connectivity index (χ1n) is 7.03. The fourth-order valence-electron chi connectivity index (χ4n) is 2.03. The topological polar surface area (TPSA) is 117 Å². The summed E-state index contributed by atoms with van der Waals surface area (Å²) in [5, 5.41) is 21.5. The molecule has 2 heterocycles. The average Bonchev–Trinajstić information content (AvgIpc) is 3.10. The predicted octanol–water partition coefficient (Wildman–Crippen LogP) is 1.49. The van der Waals surface area contributed by atoms with Crippen molar-refractivity contribution in [3.8, 4) is 0 Å². The van der Waals surface area contributed by atoms with Crippen molar-refractivity contribution in [3.05, 3.63) is 34.4 Å². The molecular weight excluding hydrogens is 304 g/mol. The Hall–Kier alpha value is -2.75. The van der Waals surface area contributed by atoms with Crippen LogP contribution >= 0.6 is 0 Å². The molecule has 1 amide bonds. The van der Waals surface area contributed by atoms with Crippen molar-refractivity contribution < 1.29 is 14.5 Å². The summed E-state index contributed by atoms with van der Waals surface area (Å²) in [6.07, 6.45) is 4.28. The second-order valence-corrected chi connectivity index (χ2v) is 4.87. The van der Waals surface area contributed by atoms with Crippen LogP contribution in [0.1, 0.15) is 25.6 Å². The van der Waals surface area contributed by atoms with Crippen LogP contribution in [0.2, 0.25) is 0 Å². The third-order valence-corrected chi connectivity index (χ3v) is 3.29. The summed E-state index contributed by atoms with van der Waals surface area (Å²) in [5.41, 5.74) is 0.722. The van der Waals surface area contributed by atoms with Crippen LogP contribution in [-0.2, 0) is 16.3 Å². The number of amides is 1. The van der Waals surface area contributed by atoms with Crippen molar-refractivity contribution in [2.75, 3.05) is 11.9 Å². The number of nitrogens with one attached hydrogen (secondary N) is 1. The highest BCUT2D eigenvalue weighted by atomic mass is 16.6. The normalized spacial score (nSPS) is 12.1. The van der Waals surface area contributed by atoms with E-state index in [0.717, 1.165) is 6.20 Å². The first kappa shape index (κ1) is 16.6. The number of hydrogen-bond donors (Lipinski definition) is 1. The summed E-state index contributed by atoms with van der Waals surface area (Å²) >= 11 is 0. The second-order valence-electron chi connectivity index (χ2n) is 4.87. The SMILES string of the molecule is CCOCn1cc(NC(=O)C(C)n2ncc([N+](=O)[O-])c2C)cn1. The van der Waals surface area contributed by atoms with Crippen LogP contribution in [0, 0.1) is 17.0 Å². The summed E-state index contributed by atoms with van der Waals surface area (Å²) in [4.78, 5) is 22.6. The molecule has 23 heavy (non-hydrogen) atoms. The van der Waals surface area contributed by atoms with E-state index in [1.54, 1.807) is 24.7 Å². The lowest BCUT2D eigenvalue weighted by molar-refractivity contribution is -0.385. The van der Waals surface area contributed by atoms with E-state index in [-0.39, 0.29) is 11.6 Å². The second kappa shape index (κ2) is 7.01. The van der Waals surface area contributed by atoms with Gasteiger partial charge in [-0.15, -0.1) is 0 Å². The van der Waals surface area contributed by atoms with Gasteiger partial charge in [0.1, 0.15) is 24.7 Å². The first-order valence-corrected chi connectivity index (χ1v) is 7.03. The minimum absolute atomic E-state index is 0.116. The smallest absolute Gasteiger partial charge is 0.309 e. The predicted molar refractivity (Wildman–Crippen MR) is 80.8 cm³/mol. The Bertz CT molecular complexity index is 707. The molecule has 0 radical (unpaired) electrons. The van der Waals surface area contributed by atoms with Gasteiger partial charge in [-0.3, -0.25) is 19.6 Å². The van der Waals surface area contributed by atoms with Crippen LogP contribution in [0.5, 0.6) is 0 Å². The van der Waals surface area contributed by atoms with Crippen molar-refractivity contribution >= 4 is 17.3 Å². The molecular formula is C13H18N6O4. The maximum absolute atomic E-state index is 12.3. The zero-order valence-corrected chi connectivity index (χ0v) is 13.1. The Morgan fingerprint density at radius 1 is 1.48 bits per heavy atom. The number of carbonyl (C=O) groups is 1. The van der Waals surface area contributed by atoms with Gasteiger partial charge >= 0.3 is 5.69 Å². The molecule has 2 aromatic rings. The quantitative estimate of drug-likeness (QED) is 0.609. The van der Waals surface area contributed by atoms with E-state index in [1.165, 1.54) is 10.9 Å². The Morgan fingerprint density at radius 3 is 2.83 bits per heavy atom. The lowest BCUT2D eigenvalue weighted by Gasteiger charge is -2.13. The van der Waals surface area contributed by atoms with Gasteiger partial charge in [0.25, 0.3) is 0 Å². The number of nitrogens with zero attached hydrogens (tertiary/aromatic N) is 5. The molecule has 10 heteroatoms. The van der Waals surface area contributed by atoms with Crippen LogP contribution in [0.3, 0.4) is 0 Å². The van der Waals surface area contributed by atoms with Crippen molar-refractivity contribution in [2.45, 2.75) is 33.5 Å². The average molecular weight is 322 g/mol. The fraction of sp³-hybridized carbons (Fsp3) is 0.462. The monoisotopic (exact) mass is 322 g/mol. The minimum atomic E-state index is -0.695. The zero-order valence-electron chi connectivity index (χ0n) is 13.1. The Balaban J connectivity index is 2.05. The van der Waals surface area contributed by atoms with Crippen LogP contribution in [-0.4, -0.2) is 37.0 Å². The molecule has 0 bridgehead atoms. The van der Waals surface area contributed by atoms with E-state index in [9.17, 15) is 14.9 Å². The standard InChI is InChI=1S/C13H18N6O4/c1-4-23-8-17-7-11(5-14-17)16-13(20)10(3)18-9(2)12(6-15-18)19(21)22/h5-7,10H,4,8H2,1-3H3,(H,16,20). The van der Waals surface area contributed by atoms with Gasteiger partial charge in [0.15, 0.2) is 0 Å². The van der Waals surface area contributed by atoms with Crippen LogP contribution in [0.4, 0.5) is 11.4 Å². The lowest BCUT2D eigenvalue weighted by atomic mass is 10.3. The van der Waals surface area contributed by atoms with E-state index in [1.807, 2.05) is 6.92 Å². The summed E-state index contributed by atoms with van der Waals surface area (Å²) < 4.78 is 8.07. The summed E-state index contributed by atoms with van der Waals surface area (Å²) in [7, 11) is 0. The molecule has 1 N–H and O–H groups in total. The number of carbonyl (C=O) groups excluding carboxylic acids is 1. The third-order valence-electron chi connectivity index (χ3n) is 3.29. The molecule has 0 spiro atoms. The molecule has 0 aliphatic carbocycles. The molecule has 124 valence electrons. The maximum Gasteiger partial charge on any atom is 0.309 e. The number of nitro groups is 1. The molecule has 2 aromatic heterocycles. The molecule has 0 aliphatic rings. The molecule has 0 saturated carbocycles. The molecule has 2 rings (SSSR count). The fourth-order valence-corrected chi connectivity index (χ4v) is 2.03.